The lowest BCUT2D eigenvalue weighted by atomic mass is 10.3. The molecule has 6 heteroatoms. The Morgan fingerprint density at radius 3 is 2.75 bits per heavy atom. The van der Waals surface area contributed by atoms with Crippen molar-refractivity contribution in [2.75, 3.05) is 6.61 Å². The van der Waals surface area contributed by atoms with Gasteiger partial charge in [0.15, 0.2) is 5.79 Å². The first-order valence-electron chi connectivity index (χ1n) is 6.66. The largest absolute Gasteiger partial charge is 0.366 e. The summed E-state index contributed by atoms with van der Waals surface area (Å²) < 4.78 is 8.34. The zero-order valence-electron chi connectivity index (χ0n) is 12.2. The van der Waals surface area contributed by atoms with Gasteiger partial charge in [0, 0.05) is 12.5 Å². The van der Waals surface area contributed by atoms with Crippen LogP contribution in [0.3, 0.4) is 0 Å². The summed E-state index contributed by atoms with van der Waals surface area (Å²) in [5.41, 5.74) is 1.93. The predicted molar refractivity (Wildman–Crippen MR) is 81.6 cm³/mol. The van der Waals surface area contributed by atoms with E-state index in [1.807, 2.05) is 6.07 Å². The van der Waals surface area contributed by atoms with E-state index in [0.29, 0.717) is 19.1 Å². The van der Waals surface area contributed by atoms with Gasteiger partial charge >= 0.3 is 0 Å². The topological polar surface area (TPSA) is 60.2 Å². The maximum atomic E-state index is 9.58. The molecular weight excluding hydrogens is 322 g/mol. The molecule has 0 aliphatic rings. The van der Waals surface area contributed by atoms with Crippen LogP contribution in [0.5, 0.6) is 0 Å². The number of ether oxygens (including phenoxy) is 1. The van der Waals surface area contributed by atoms with Crippen molar-refractivity contribution in [2.45, 2.75) is 45.9 Å². The number of fused-ring (bicyclic) bond motifs is 1. The van der Waals surface area contributed by atoms with Crippen LogP contribution in [0.2, 0.25) is 0 Å². The van der Waals surface area contributed by atoms with Crippen LogP contribution in [-0.4, -0.2) is 32.0 Å². The van der Waals surface area contributed by atoms with Crippen LogP contribution in [-0.2, 0) is 11.2 Å². The summed E-state index contributed by atoms with van der Waals surface area (Å²) in [6, 6.07) is 2.27. The number of halogens is 1. The molecule has 0 aromatic carbocycles. The zero-order chi connectivity index (χ0) is 14.9. The van der Waals surface area contributed by atoms with Crippen molar-refractivity contribution in [1.82, 2.24) is 14.5 Å². The molecule has 1 N–H and O–H groups in total. The normalized spacial score (nSPS) is 12.6. The van der Waals surface area contributed by atoms with Crippen LogP contribution in [0.4, 0.5) is 0 Å². The number of rotatable bonds is 5. The number of hydrogen-bond donors (Lipinski definition) is 1. The molecule has 0 aliphatic heterocycles. The van der Waals surface area contributed by atoms with Gasteiger partial charge in [0.25, 0.3) is 0 Å². The van der Waals surface area contributed by atoms with Gasteiger partial charge in [0.2, 0.25) is 0 Å². The first-order valence-corrected chi connectivity index (χ1v) is 7.46. The van der Waals surface area contributed by atoms with Crippen LogP contribution in [0, 0.1) is 0 Å². The molecule has 0 atom stereocenters. The van der Waals surface area contributed by atoms with Crippen molar-refractivity contribution in [1.29, 1.82) is 0 Å². The summed E-state index contributed by atoms with van der Waals surface area (Å²) in [5.74, 6) is -0.168. The van der Waals surface area contributed by atoms with E-state index >= 15 is 0 Å². The number of pyridine rings is 1. The molecule has 0 unspecified atom stereocenters. The van der Waals surface area contributed by atoms with Crippen molar-refractivity contribution >= 4 is 27.0 Å². The molecule has 2 aromatic heterocycles. The van der Waals surface area contributed by atoms with Crippen molar-refractivity contribution in [2.24, 2.45) is 0 Å². The molecule has 0 fully saturated rings. The van der Waals surface area contributed by atoms with Crippen LogP contribution in [0.25, 0.3) is 11.0 Å². The maximum Gasteiger partial charge on any atom is 0.159 e. The van der Waals surface area contributed by atoms with Crippen LogP contribution >= 0.6 is 15.9 Å². The second-order valence-corrected chi connectivity index (χ2v) is 6.35. The Bertz CT molecular complexity index is 602. The van der Waals surface area contributed by atoms with Crippen molar-refractivity contribution in [3.8, 4) is 0 Å². The Labute approximate surface area is 127 Å². The van der Waals surface area contributed by atoms with Crippen molar-refractivity contribution in [3.63, 3.8) is 0 Å². The third kappa shape index (κ3) is 3.56. The molecule has 0 saturated carbocycles. The standard InChI is InChI=1S/C14H20BrN3O2/c1-9(2)18-11-7-12(15)16-8-10(11)17-13(18)5-6-20-14(3,4)19/h7-9,19H,5-6H2,1-4H3. The number of imidazole rings is 1. The second kappa shape index (κ2) is 5.79. The van der Waals surface area contributed by atoms with Crippen molar-refractivity contribution < 1.29 is 9.84 Å². The minimum absolute atomic E-state index is 0.298. The molecule has 0 aliphatic carbocycles. The van der Waals surface area contributed by atoms with Crippen LogP contribution in [0.15, 0.2) is 16.9 Å². The third-order valence-corrected chi connectivity index (χ3v) is 3.35. The maximum absolute atomic E-state index is 9.58. The van der Waals surface area contributed by atoms with E-state index in [9.17, 15) is 5.11 Å². The smallest absolute Gasteiger partial charge is 0.159 e. The quantitative estimate of drug-likeness (QED) is 0.670. The Hall–Kier alpha value is -0.980. The van der Waals surface area contributed by atoms with Gasteiger partial charge in [0.1, 0.15) is 15.9 Å². The van der Waals surface area contributed by atoms with E-state index in [4.69, 9.17) is 4.74 Å². The van der Waals surface area contributed by atoms with E-state index in [1.54, 1.807) is 20.0 Å². The monoisotopic (exact) mass is 341 g/mol. The van der Waals surface area contributed by atoms with Crippen LogP contribution < -0.4 is 0 Å². The SMILES string of the molecule is CC(C)n1c(CCOC(C)(C)O)nc2cnc(Br)cc21. The highest BCUT2D eigenvalue weighted by molar-refractivity contribution is 9.10. The zero-order valence-corrected chi connectivity index (χ0v) is 13.8. The van der Waals surface area contributed by atoms with Gasteiger partial charge in [-0.2, -0.15) is 0 Å². The molecule has 0 amide bonds. The lowest BCUT2D eigenvalue weighted by Gasteiger charge is -2.18. The van der Waals surface area contributed by atoms with Crippen molar-refractivity contribution in [3.05, 3.63) is 22.7 Å². The fourth-order valence-electron chi connectivity index (χ4n) is 2.17. The van der Waals surface area contributed by atoms with Gasteiger partial charge in [-0.05, 0) is 49.7 Å². The van der Waals surface area contributed by atoms with E-state index in [1.165, 1.54) is 0 Å². The highest BCUT2D eigenvalue weighted by atomic mass is 79.9. The summed E-state index contributed by atoms with van der Waals surface area (Å²) in [5, 5.41) is 9.58. The third-order valence-electron chi connectivity index (χ3n) is 2.91. The summed E-state index contributed by atoms with van der Waals surface area (Å²) in [6.45, 7) is 7.92. The number of hydrogen-bond acceptors (Lipinski definition) is 4. The summed E-state index contributed by atoms with van der Waals surface area (Å²) >= 11 is 3.39. The number of nitrogens with zero attached hydrogens (tertiary/aromatic N) is 3. The average Bonchev–Trinajstić information content (AvgIpc) is 2.64. The summed E-state index contributed by atoms with van der Waals surface area (Å²) in [4.78, 5) is 8.82. The molecule has 20 heavy (non-hydrogen) atoms. The van der Waals surface area contributed by atoms with E-state index in [2.05, 4.69) is 44.3 Å². The average molecular weight is 342 g/mol. The molecule has 0 spiro atoms. The Kier molecular flexibility index (Phi) is 4.46. The van der Waals surface area contributed by atoms with Gasteiger partial charge < -0.3 is 14.4 Å². The van der Waals surface area contributed by atoms with Gasteiger partial charge in [-0.3, -0.25) is 0 Å². The Morgan fingerprint density at radius 1 is 1.45 bits per heavy atom. The molecule has 5 nitrogen and oxygen atoms in total. The van der Waals surface area contributed by atoms with Gasteiger partial charge in [-0.15, -0.1) is 0 Å². The lowest BCUT2D eigenvalue weighted by Crippen LogP contribution is -2.25. The number of aromatic nitrogens is 3. The molecule has 2 heterocycles. The molecule has 0 saturated heterocycles. The summed E-state index contributed by atoms with van der Waals surface area (Å²) in [6.07, 6.45) is 2.41. The molecule has 2 aromatic rings. The fraction of sp³-hybridized carbons (Fsp3) is 0.571. The molecule has 2 rings (SSSR count). The van der Waals surface area contributed by atoms with Gasteiger partial charge in [0.05, 0.1) is 18.3 Å². The molecular formula is C14H20BrN3O2. The minimum atomic E-state index is -1.11. The molecule has 0 bridgehead atoms. The first kappa shape index (κ1) is 15.4. The lowest BCUT2D eigenvalue weighted by molar-refractivity contribution is -0.175. The van der Waals surface area contributed by atoms with E-state index < -0.39 is 5.79 Å². The highest BCUT2D eigenvalue weighted by Gasteiger charge is 2.16. The van der Waals surface area contributed by atoms with Gasteiger partial charge in [-0.1, -0.05) is 0 Å². The molecule has 110 valence electrons. The van der Waals surface area contributed by atoms with Crippen LogP contribution in [0.1, 0.15) is 39.6 Å². The van der Waals surface area contributed by atoms with E-state index in [-0.39, 0.29) is 0 Å². The second-order valence-electron chi connectivity index (χ2n) is 5.53. The predicted octanol–water partition coefficient (Wildman–Crippen LogP) is 3.06. The first-order chi connectivity index (χ1) is 9.28. The highest BCUT2D eigenvalue weighted by Crippen LogP contribution is 2.23. The summed E-state index contributed by atoms with van der Waals surface area (Å²) in [7, 11) is 0. The molecule has 0 radical (unpaired) electrons. The van der Waals surface area contributed by atoms with Gasteiger partial charge in [-0.25, -0.2) is 9.97 Å². The minimum Gasteiger partial charge on any atom is -0.366 e. The fourth-order valence-corrected chi connectivity index (χ4v) is 2.49. The van der Waals surface area contributed by atoms with E-state index in [0.717, 1.165) is 21.5 Å². The number of aliphatic hydroxyl groups is 1. The Morgan fingerprint density at radius 2 is 2.15 bits per heavy atom. The Balaban J connectivity index is 2.30.